The Balaban J connectivity index is 2.23. The molecule has 5 heteroatoms. The zero-order valence-electron chi connectivity index (χ0n) is 12.7. The number of hydrogen-bond donors (Lipinski definition) is 1. The number of nitrogens with one attached hydrogen (secondary N) is 1. The molecular weight excluding hydrogens is 305 g/mol. The van der Waals surface area contributed by atoms with Crippen LogP contribution in [0.15, 0.2) is 18.2 Å². The van der Waals surface area contributed by atoms with E-state index >= 15 is 0 Å². The van der Waals surface area contributed by atoms with E-state index in [0.29, 0.717) is 10.0 Å². The minimum Gasteiger partial charge on any atom is -0.316 e. The van der Waals surface area contributed by atoms with Gasteiger partial charge in [-0.05, 0) is 63.5 Å². The highest BCUT2D eigenvalue weighted by Crippen LogP contribution is 2.26. The van der Waals surface area contributed by atoms with E-state index in [0.717, 1.165) is 43.0 Å². The third-order valence-corrected chi connectivity index (χ3v) is 4.31. The molecule has 0 saturated heterocycles. The Morgan fingerprint density at radius 2 is 1.90 bits per heavy atom. The van der Waals surface area contributed by atoms with E-state index in [2.05, 4.69) is 31.2 Å². The lowest BCUT2D eigenvalue weighted by Crippen LogP contribution is -2.18. The zero-order chi connectivity index (χ0) is 15.4. The minimum atomic E-state index is 0.549. The molecule has 0 unspecified atom stereocenters. The normalized spacial score (nSPS) is 11.1. The first-order chi connectivity index (χ1) is 10.0. The van der Waals surface area contributed by atoms with Crippen molar-refractivity contribution in [3.8, 4) is 5.69 Å². The minimum absolute atomic E-state index is 0.549. The zero-order valence-corrected chi connectivity index (χ0v) is 14.2. The number of rotatable bonds is 6. The molecule has 0 spiro atoms. The van der Waals surface area contributed by atoms with Crippen LogP contribution in [-0.2, 0) is 6.42 Å². The fraction of sp³-hybridized carbons (Fsp3) is 0.438. The summed E-state index contributed by atoms with van der Waals surface area (Å²) < 4.78 is 1.94. The SMILES string of the molecule is CCCNCCc1c(C)nn(-c2ccc(Cl)c(Cl)c2)c1C. The van der Waals surface area contributed by atoms with Crippen LogP contribution in [0.2, 0.25) is 10.0 Å². The monoisotopic (exact) mass is 325 g/mol. The third-order valence-electron chi connectivity index (χ3n) is 3.57. The predicted molar refractivity (Wildman–Crippen MR) is 89.9 cm³/mol. The number of benzene rings is 1. The fourth-order valence-electron chi connectivity index (χ4n) is 2.42. The number of aromatic nitrogens is 2. The van der Waals surface area contributed by atoms with Crippen LogP contribution >= 0.6 is 23.2 Å². The van der Waals surface area contributed by atoms with Gasteiger partial charge in [-0.3, -0.25) is 0 Å². The van der Waals surface area contributed by atoms with Gasteiger partial charge in [0.1, 0.15) is 0 Å². The second kappa shape index (κ2) is 7.30. The molecule has 0 radical (unpaired) electrons. The van der Waals surface area contributed by atoms with Crippen LogP contribution < -0.4 is 5.32 Å². The van der Waals surface area contributed by atoms with Crippen molar-refractivity contribution in [3.63, 3.8) is 0 Å². The van der Waals surface area contributed by atoms with E-state index < -0.39 is 0 Å². The average Bonchev–Trinajstić information content (AvgIpc) is 2.74. The number of aryl methyl sites for hydroxylation is 1. The first kappa shape index (κ1) is 16.3. The van der Waals surface area contributed by atoms with Crippen LogP contribution in [0, 0.1) is 13.8 Å². The van der Waals surface area contributed by atoms with Crippen molar-refractivity contribution in [2.24, 2.45) is 0 Å². The highest BCUT2D eigenvalue weighted by atomic mass is 35.5. The maximum absolute atomic E-state index is 6.10. The molecule has 0 saturated carbocycles. The maximum Gasteiger partial charge on any atom is 0.0664 e. The summed E-state index contributed by atoms with van der Waals surface area (Å²) >= 11 is 12.1. The molecule has 0 aliphatic carbocycles. The molecule has 0 amide bonds. The lowest BCUT2D eigenvalue weighted by atomic mass is 10.1. The first-order valence-corrected chi connectivity index (χ1v) is 8.01. The van der Waals surface area contributed by atoms with Crippen LogP contribution in [0.1, 0.15) is 30.3 Å². The average molecular weight is 326 g/mol. The molecule has 0 fully saturated rings. The quantitative estimate of drug-likeness (QED) is 0.801. The molecule has 114 valence electrons. The largest absolute Gasteiger partial charge is 0.316 e. The van der Waals surface area contributed by atoms with E-state index in [9.17, 15) is 0 Å². The Hall–Kier alpha value is -1.03. The Labute approximate surface area is 136 Å². The second-order valence-corrected chi connectivity index (χ2v) is 5.97. The number of hydrogen-bond acceptors (Lipinski definition) is 2. The van der Waals surface area contributed by atoms with E-state index in [1.807, 2.05) is 16.8 Å². The van der Waals surface area contributed by atoms with Gasteiger partial charge in [-0.25, -0.2) is 4.68 Å². The summed E-state index contributed by atoms with van der Waals surface area (Å²) in [6.45, 7) is 8.35. The van der Waals surface area contributed by atoms with Crippen molar-refractivity contribution < 1.29 is 0 Å². The molecule has 1 aromatic heterocycles. The summed E-state index contributed by atoms with van der Waals surface area (Å²) in [5.74, 6) is 0. The van der Waals surface area contributed by atoms with Gasteiger partial charge >= 0.3 is 0 Å². The van der Waals surface area contributed by atoms with Crippen LogP contribution in [0.4, 0.5) is 0 Å². The van der Waals surface area contributed by atoms with Gasteiger partial charge in [-0.2, -0.15) is 5.10 Å². The van der Waals surface area contributed by atoms with E-state index in [4.69, 9.17) is 23.2 Å². The molecule has 1 aromatic carbocycles. The van der Waals surface area contributed by atoms with Crippen LogP contribution in [0.25, 0.3) is 5.69 Å². The summed E-state index contributed by atoms with van der Waals surface area (Å²) in [5, 5.41) is 9.18. The number of nitrogens with zero attached hydrogens (tertiary/aromatic N) is 2. The van der Waals surface area contributed by atoms with E-state index in [1.54, 1.807) is 6.07 Å². The van der Waals surface area contributed by atoms with Gasteiger partial charge in [-0.15, -0.1) is 0 Å². The molecular formula is C16H21Cl2N3. The van der Waals surface area contributed by atoms with Gasteiger partial charge in [-0.1, -0.05) is 30.1 Å². The maximum atomic E-state index is 6.10. The fourth-order valence-corrected chi connectivity index (χ4v) is 2.71. The summed E-state index contributed by atoms with van der Waals surface area (Å²) in [4.78, 5) is 0. The molecule has 0 aliphatic rings. The van der Waals surface area contributed by atoms with E-state index in [-0.39, 0.29) is 0 Å². The summed E-state index contributed by atoms with van der Waals surface area (Å²) in [6.07, 6.45) is 2.14. The van der Waals surface area contributed by atoms with Gasteiger partial charge in [0.2, 0.25) is 0 Å². The lowest BCUT2D eigenvalue weighted by Gasteiger charge is -2.07. The van der Waals surface area contributed by atoms with Crippen molar-refractivity contribution in [3.05, 3.63) is 45.2 Å². The van der Waals surface area contributed by atoms with Crippen molar-refractivity contribution in [2.75, 3.05) is 13.1 Å². The van der Waals surface area contributed by atoms with Gasteiger partial charge in [0, 0.05) is 5.69 Å². The Morgan fingerprint density at radius 3 is 2.57 bits per heavy atom. The molecule has 3 nitrogen and oxygen atoms in total. The molecule has 0 atom stereocenters. The predicted octanol–water partition coefficient (Wildman–Crippen LogP) is 4.34. The van der Waals surface area contributed by atoms with Crippen molar-refractivity contribution in [1.82, 2.24) is 15.1 Å². The second-order valence-electron chi connectivity index (χ2n) is 5.16. The molecule has 2 aromatic rings. The van der Waals surface area contributed by atoms with Crippen LogP contribution in [0.5, 0.6) is 0 Å². The Bertz CT molecular complexity index is 620. The summed E-state index contributed by atoms with van der Waals surface area (Å²) in [6, 6.07) is 5.59. The highest BCUT2D eigenvalue weighted by molar-refractivity contribution is 6.42. The van der Waals surface area contributed by atoms with Gasteiger partial charge in [0.05, 0.1) is 21.4 Å². The molecule has 0 bridgehead atoms. The first-order valence-electron chi connectivity index (χ1n) is 7.25. The highest BCUT2D eigenvalue weighted by Gasteiger charge is 2.13. The molecule has 0 aliphatic heterocycles. The van der Waals surface area contributed by atoms with Crippen LogP contribution in [-0.4, -0.2) is 22.9 Å². The number of halogens is 2. The lowest BCUT2D eigenvalue weighted by molar-refractivity contribution is 0.669. The Morgan fingerprint density at radius 1 is 1.14 bits per heavy atom. The third kappa shape index (κ3) is 3.79. The van der Waals surface area contributed by atoms with Gasteiger partial charge in [0.25, 0.3) is 0 Å². The molecule has 1 N–H and O–H groups in total. The van der Waals surface area contributed by atoms with Crippen molar-refractivity contribution >= 4 is 23.2 Å². The van der Waals surface area contributed by atoms with Gasteiger partial charge < -0.3 is 5.32 Å². The molecule has 2 rings (SSSR count). The molecule has 1 heterocycles. The summed E-state index contributed by atoms with van der Waals surface area (Å²) in [5.41, 5.74) is 4.46. The standard InChI is InChI=1S/C16H21Cl2N3/c1-4-8-19-9-7-14-11(2)20-21(12(14)3)13-5-6-15(17)16(18)10-13/h5-6,10,19H,4,7-9H2,1-3H3. The Kier molecular flexibility index (Phi) is 5.68. The summed E-state index contributed by atoms with van der Waals surface area (Å²) in [7, 11) is 0. The molecule has 21 heavy (non-hydrogen) atoms. The van der Waals surface area contributed by atoms with Crippen molar-refractivity contribution in [2.45, 2.75) is 33.6 Å². The van der Waals surface area contributed by atoms with Crippen LogP contribution in [0.3, 0.4) is 0 Å². The smallest absolute Gasteiger partial charge is 0.0664 e. The topological polar surface area (TPSA) is 29.9 Å². The van der Waals surface area contributed by atoms with E-state index in [1.165, 1.54) is 5.56 Å². The van der Waals surface area contributed by atoms with Gasteiger partial charge in [0.15, 0.2) is 0 Å². The van der Waals surface area contributed by atoms with Crippen molar-refractivity contribution in [1.29, 1.82) is 0 Å².